The Bertz CT molecular complexity index is 1090. The van der Waals surface area contributed by atoms with Crippen molar-refractivity contribution in [1.29, 1.82) is 0 Å². The van der Waals surface area contributed by atoms with E-state index in [1.807, 2.05) is 0 Å². The molecule has 13 nitrogen and oxygen atoms in total. The summed E-state index contributed by atoms with van der Waals surface area (Å²) in [6, 6.07) is 14.5. The number of hydrazone groups is 2. The Hall–Kier alpha value is -1.23. The summed E-state index contributed by atoms with van der Waals surface area (Å²) in [6.45, 7) is -0.181. The first-order valence-corrected chi connectivity index (χ1v) is 9.07. The van der Waals surface area contributed by atoms with E-state index in [1.165, 1.54) is 12.1 Å². The van der Waals surface area contributed by atoms with Crippen molar-refractivity contribution in [2.45, 2.75) is 4.90 Å². The Labute approximate surface area is 260 Å². The fourth-order valence-electron chi connectivity index (χ4n) is 1.87. The normalized spacial score (nSPS) is 12.1. The Balaban J connectivity index is -0.000000857. The van der Waals surface area contributed by atoms with E-state index in [4.69, 9.17) is 19.6 Å². The van der Waals surface area contributed by atoms with Crippen molar-refractivity contribution in [2.75, 3.05) is 10.4 Å². The fourth-order valence-corrected chi connectivity index (χ4v) is 2.34. The summed E-state index contributed by atoms with van der Waals surface area (Å²) in [7, 11) is -4.54. The monoisotopic (exact) mass is 515 g/mol. The Kier molecular flexibility index (Phi) is 22.0. The van der Waals surface area contributed by atoms with Gasteiger partial charge in [0.05, 0.1) is 4.90 Å². The van der Waals surface area contributed by atoms with Crippen LogP contribution in [-0.4, -0.2) is 43.4 Å². The first kappa shape index (κ1) is 37.3. The topological polar surface area (TPSA) is 198 Å². The van der Waals surface area contributed by atoms with Gasteiger partial charge in [-0.2, -0.15) is 27.8 Å². The second-order valence-corrected chi connectivity index (χ2v) is 6.29. The molecule has 0 aromatic heterocycles. The Morgan fingerprint density at radius 3 is 2.03 bits per heavy atom. The SMILES string of the molecule is O=C1C(=NNc2cc[c-]cc2)[C-]=NN1c1ccc(S(=O)(=O)[O-])cc1.O=C=O.O=CO[O-].[Na+].[Na+].[Na+]. The molecule has 162 valence electrons. The minimum Gasteiger partial charge on any atom is -0.744 e. The summed E-state index contributed by atoms with van der Waals surface area (Å²) in [4.78, 5) is 39.3. The molecule has 1 aliphatic heterocycles. The fraction of sp³-hybridized carbons (Fsp3) is 0. The van der Waals surface area contributed by atoms with E-state index in [0.717, 1.165) is 17.1 Å². The van der Waals surface area contributed by atoms with Gasteiger partial charge in [0.2, 0.25) is 0 Å². The molecule has 0 bridgehead atoms. The summed E-state index contributed by atoms with van der Waals surface area (Å²) in [5.74, 6) is -0.539. The van der Waals surface area contributed by atoms with Gasteiger partial charge in [0, 0.05) is 5.69 Å². The molecule has 0 unspecified atom stereocenters. The van der Waals surface area contributed by atoms with Crippen molar-refractivity contribution in [3.63, 3.8) is 0 Å². The van der Waals surface area contributed by atoms with Crippen molar-refractivity contribution in [1.82, 2.24) is 0 Å². The molecule has 1 N–H and O–H groups in total. The molecule has 17 heteroatoms. The number of hydrogen-bond donors (Lipinski definition) is 1. The van der Waals surface area contributed by atoms with Crippen LogP contribution in [-0.2, 0) is 34.2 Å². The summed E-state index contributed by atoms with van der Waals surface area (Å²) in [5, 5.41) is 17.2. The maximum atomic E-state index is 12.2. The van der Waals surface area contributed by atoms with Gasteiger partial charge in [-0.25, -0.2) is 13.5 Å². The molecule has 0 aliphatic carbocycles. The van der Waals surface area contributed by atoms with Crippen LogP contribution in [0.4, 0.5) is 11.4 Å². The molecule has 34 heavy (non-hydrogen) atoms. The van der Waals surface area contributed by atoms with Crippen molar-refractivity contribution in [3.05, 3.63) is 54.6 Å². The van der Waals surface area contributed by atoms with Crippen LogP contribution in [0.15, 0.2) is 63.6 Å². The van der Waals surface area contributed by atoms with E-state index in [-0.39, 0.29) is 112 Å². The standard InChI is InChI=1S/C15H10N4O4S.CH2O3.CO2.3Na/c20-15-14(18-17-11-4-2-1-3-5-11)10-16-19(15)12-6-8-13(9-7-12)24(21,22)23;2-1-4-3;2-1-3;;;/h2-9,17H,(H,21,22,23);1,3H;;;;/q-2;;;3*+1/p-2. The summed E-state index contributed by atoms with van der Waals surface area (Å²) in [6.07, 6.45) is 2.72. The first-order chi connectivity index (χ1) is 14.8. The second-order valence-electron chi connectivity index (χ2n) is 4.91. The molecular formula is C17H10N4Na3O9S-. The first-order valence-electron chi connectivity index (χ1n) is 7.67. The number of benzene rings is 2. The van der Waals surface area contributed by atoms with E-state index in [0.29, 0.717) is 11.4 Å². The van der Waals surface area contributed by atoms with Crippen molar-refractivity contribution in [3.8, 4) is 0 Å². The molecule has 1 aliphatic rings. The van der Waals surface area contributed by atoms with Gasteiger partial charge in [-0.3, -0.25) is 14.9 Å². The number of carbonyl (C=O) groups is 2. The van der Waals surface area contributed by atoms with Crippen molar-refractivity contribution in [2.24, 2.45) is 10.2 Å². The number of carbonyl (C=O) groups excluding carboxylic acids is 4. The van der Waals surface area contributed by atoms with E-state index in [2.05, 4.69) is 32.8 Å². The van der Waals surface area contributed by atoms with Gasteiger partial charge in [-0.05, 0) is 30.0 Å². The third-order valence-corrected chi connectivity index (χ3v) is 3.92. The molecule has 1 heterocycles. The molecule has 0 saturated carbocycles. The summed E-state index contributed by atoms with van der Waals surface area (Å²) in [5.41, 5.74) is 3.61. The number of nitrogens with one attached hydrogen (secondary N) is 1. The average Bonchev–Trinajstić information content (AvgIpc) is 3.13. The predicted molar refractivity (Wildman–Crippen MR) is 97.8 cm³/mol. The van der Waals surface area contributed by atoms with Crippen molar-refractivity contribution >= 4 is 52.0 Å². The summed E-state index contributed by atoms with van der Waals surface area (Å²) >= 11 is 0. The van der Waals surface area contributed by atoms with Crippen LogP contribution in [0.2, 0.25) is 0 Å². The third-order valence-electron chi connectivity index (χ3n) is 3.08. The van der Waals surface area contributed by atoms with Crippen LogP contribution >= 0.6 is 0 Å². The van der Waals surface area contributed by atoms with E-state index in [9.17, 15) is 17.8 Å². The van der Waals surface area contributed by atoms with Crippen LogP contribution in [0.25, 0.3) is 0 Å². The van der Waals surface area contributed by atoms with Crippen LogP contribution in [0, 0.1) is 6.07 Å². The molecule has 0 saturated heterocycles. The Morgan fingerprint density at radius 2 is 1.59 bits per heavy atom. The Morgan fingerprint density at radius 1 is 1.09 bits per heavy atom. The molecule has 2 aromatic carbocycles. The predicted octanol–water partition coefficient (Wildman–Crippen LogP) is -10.1. The zero-order chi connectivity index (χ0) is 23.3. The van der Waals surface area contributed by atoms with Gasteiger partial charge in [-0.15, -0.1) is 12.1 Å². The van der Waals surface area contributed by atoms with E-state index < -0.39 is 16.0 Å². The number of amides is 1. The van der Waals surface area contributed by atoms with Gasteiger partial charge in [0.25, 0.3) is 6.47 Å². The molecule has 0 radical (unpaired) electrons. The maximum absolute atomic E-state index is 12.2. The molecule has 0 fully saturated rings. The smallest absolute Gasteiger partial charge is 0.744 e. The van der Waals surface area contributed by atoms with Crippen LogP contribution in [0.5, 0.6) is 0 Å². The quantitative estimate of drug-likeness (QED) is 0.0996. The molecular weight excluding hydrogens is 505 g/mol. The number of rotatable bonds is 5. The van der Waals surface area contributed by atoms with Crippen LogP contribution in [0.1, 0.15) is 0 Å². The van der Waals surface area contributed by atoms with Gasteiger partial charge in [-0.1, -0.05) is 11.9 Å². The second kappa shape index (κ2) is 20.0. The number of nitrogens with zero attached hydrogens (tertiary/aromatic N) is 3. The molecule has 0 spiro atoms. The zero-order valence-electron chi connectivity index (χ0n) is 18.1. The van der Waals surface area contributed by atoms with E-state index >= 15 is 0 Å². The minimum absolute atomic E-state index is 0. The maximum Gasteiger partial charge on any atom is 1.00 e. The number of anilines is 2. The van der Waals surface area contributed by atoms with E-state index in [1.54, 1.807) is 24.3 Å². The summed E-state index contributed by atoms with van der Waals surface area (Å²) < 4.78 is 32.7. The average molecular weight is 515 g/mol. The molecule has 1 amide bonds. The zero-order valence-corrected chi connectivity index (χ0v) is 24.9. The third kappa shape index (κ3) is 13.0. The van der Waals surface area contributed by atoms with Gasteiger partial charge in [0.15, 0.2) is 0 Å². The van der Waals surface area contributed by atoms with Gasteiger partial charge in [0.1, 0.15) is 16.0 Å². The minimum atomic E-state index is -4.54. The van der Waals surface area contributed by atoms with Gasteiger partial charge >= 0.3 is 94.8 Å². The molecule has 0 atom stereocenters. The van der Waals surface area contributed by atoms with Crippen LogP contribution in [0.3, 0.4) is 0 Å². The molecule has 3 rings (SSSR count). The molecule has 2 aromatic rings. The van der Waals surface area contributed by atoms with Crippen molar-refractivity contribution < 1.29 is 131 Å². The largest absolute Gasteiger partial charge is 1.00 e. The van der Waals surface area contributed by atoms with Gasteiger partial charge < -0.3 is 24.9 Å². The number of hydrogen-bond acceptors (Lipinski definition) is 12. The van der Waals surface area contributed by atoms with Crippen LogP contribution < -0.4 is 104 Å².